The molecule has 4 aromatic rings. The van der Waals surface area contributed by atoms with Gasteiger partial charge >= 0.3 is 0 Å². The predicted octanol–water partition coefficient (Wildman–Crippen LogP) is 3.83. The lowest BCUT2D eigenvalue weighted by molar-refractivity contribution is -0.154. The molecule has 3 amide bonds. The van der Waals surface area contributed by atoms with Gasteiger partial charge in [0.15, 0.2) is 5.60 Å². The van der Waals surface area contributed by atoms with Gasteiger partial charge in [-0.3, -0.25) is 19.8 Å². The molecule has 4 aliphatic carbocycles. The minimum absolute atomic E-state index is 0.272. The topological polar surface area (TPSA) is 86.7 Å². The van der Waals surface area contributed by atoms with Crippen molar-refractivity contribution in [3.8, 4) is 11.1 Å². The van der Waals surface area contributed by atoms with Crippen LogP contribution in [0.4, 0.5) is 0 Å². The molecule has 1 aliphatic heterocycles. The molecule has 38 heavy (non-hydrogen) atoms. The Hall–Kier alpha value is -4.55. The lowest BCUT2D eigenvalue weighted by atomic mass is 9.55. The molecule has 1 fully saturated rings. The highest BCUT2D eigenvalue weighted by Crippen LogP contribution is 2.60. The minimum atomic E-state index is -2.04. The number of hydrogen-bond acceptors (Lipinski definition) is 4. The molecule has 0 saturated carbocycles. The number of carbonyl (C=O) groups is 3. The van der Waals surface area contributed by atoms with E-state index < -0.39 is 35.2 Å². The van der Waals surface area contributed by atoms with Gasteiger partial charge in [-0.15, -0.1) is 0 Å². The van der Waals surface area contributed by atoms with E-state index in [9.17, 15) is 19.5 Å². The summed E-state index contributed by atoms with van der Waals surface area (Å²) in [5.74, 6) is -3.46. The minimum Gasteiger partial charge on any atom is -0.372 e. The molecule has 184 valence electrons. The molecule has 6 nitrogen and oxygen atoms in total. The number of fused-ring (bicyclic) bond motifs is 3. The van der Waals surface area contributed by atoms with Gasteiger partial charge in [-0.25, -0.2) is 0 Å². The highest BCUT2D eigenvalue weighted by atomic mass is 16.3. The van der Waals surface area contributed by atoms with Gasteiger partial charge in [0, 0.05) is 23.0 Å². The molecule has 0 spiro atoms. The molecule has 2 N–H and O–H groups in total. The molecule has 9 rings (SSSR count). The van der Waals surface area contributed by atoms with Gasteiger partial charge < -0.3 is 5.11 Å². The number of rotatable bonds is 2. The van der Waals surface area contributed by atoms with E-state index in [4.69, 9.17) is 0 Å². The van der Waals surface area contributed by atoms with Crippen molar-refractivity contribution in [2.75, 3.05) is 0 Å². The summed E-state index contributed by atoms with van der Waals surface area (Å²) < 4.78 is 0. The Morgan fingerprint density at radius 2 is 1.00 bits per heavy atom. The van der Waals surface area contributed by atoms with Gasteiger partial charge in [-0.1, -0.05) is 97.1 Å². The number of hydrazine groups is 1. The maximum absolute atomic E-state index is 13.9. The van der Waals surface area contributed by atoms with Gasteiger partial charge in [0.25, 0.3) is 17.7 Å². The summed E-state index contributed by atoms with van der Waals surface area (Å²) in [4.78, 5) is 41.7. The maximum atomic E-state index is 13.9. The zero-order valence-electron chi connectivity index (χ0n) is 20.2. The van der Waals surface area contributed by atoms with Crippen LogP contribution in [-0.4, -0.2) is 27.8 Å². The highest BCUT2D eigenvalue weighted by Gasteiger charge is 2.62. The molecule has 6 heteroatoms. The van der Waals surface area contributed by atoms with E-state index in [1.165, 1.54) is 0 Å². The van der Waals surface area contributed by atoms with Gasteiger partial charge in [0.05, 0.1) is 11.8 Å². The Kier molecular flexibility index (Phi) is 4.12. The van der Waals surface area contributed by atoms with Gasteiger partial charge in [-0.2, -0.15) is 5.01 Å². The third kappa shape index (κ3) is 2.43. The summed E-state index contributed by atoms with van der Waals surface area (Å²) >= 11 is 0. The summed E-state index contributed by atoms with van der Waals surface area (Å²) in [7, 11) is 0. The molecule has 1 heterocycles. The number of hydrogen-bond donors (Lipinski definition) is 2. The summed E-state index contributed by atoms with van der Waals surface area (Å²) in [6, 6.07) is 30.3. The average Bonchev–Trinajstić information content (AvgIpc) is 3.38. The van der Waals surface area contributed by atoms with Crippen LogP contribution in [0.2, 0.25) is 0 Å². The van der Waals surface area contributed by atoms with E-state index in [-0.39, 0.29) is 11.8 Å². The van der Waals surface area contributed by atoms with Crippen molar-refractivity contribution in [3.05, 3.63) is 130 Å². The van der Waals surface area contributed by atoms with Crippen LogP contribution in [0.15, 0.2) is 97.1 Å². The lowest BCUT2D eigenvalue weighted by Crippen LogP contribution is -2.54. The normalized spacial score (nSPS) is 24.8. The van der Waals surface area contributed by atoms with Crippen LogP contribution in [0.1, 0.15) is 45.2 Å². The summed E-state index contributed by atoms with van der Waals surface area (Å²) in [5, 5.41) is 12.8. The largest absolute Gasteiger partial charge is 0.372 e. The van der Waals surface area contributed by atoms with E-state index in [2.05, 4.69) is 5.43 Å². The first kappa shape index (κ1) is 21.5. The summed E-state index contributed by atoms with van der Waals surface area (Å²) in [6.45, 7) is 0. The Morgan fingerprint density at radius 1 is 0.632 bits per heavy atom. The van der Waals surface area contributed by atoms with Crippen LogP contribution >= 0.6 is 0 Å². The third-order valence-corrected chi connectivity index (χ3v) is 8.91. The van der Waals surface area contributed by atoms with Crippen LogP contribution < -0.4 is 5.43 Å². The molecule has 0 aromatic heterocycles. The van der Waals surface area contributed by atoms with Crippen molar-refractivity contribution in [2.45, 2.75) is 17.4 Å². The van der Waals surface area contributed by atoms with E-state index in [1.807, 2.05) is 72.8 Å². The average molecular weight is 499 g/mol. The first-order chi connectivity index (χ1) is 18.5. The molecule has 4 aromatic carbocycles. The smallest absolute Gasteiger partial charge is 0.280 e. The predicted molar refractivity (Wildman–Crippen MR) is 138 cm³/mol. The number of benzene rings is 4. The highest BCUT2D eigenvalue weighted by molar-refractivity contribution is 6.10. The van der Waals surface area contributed by atoms with Crippen LogP contribution in [0.5, 0.6) is 0 Å². The first-order valence-electron chi connectivity index (χ1n) is 12.8. The fourth-order valence-corrected chi connectivity index (χ4v) is 7.43. The SMILES string of the molecule is O=C1C2C3c4ccccc4C(c4ccccc43)[C@@H]2C(=O)N1NC(=O)C1(O)c2ccccc2-c2ccccc21. The molecular formula is C32H22N2O4. The lowest BCUT2D eigenvalue weighted by Gasteiger charge is -2.45. The number of carbonyl (C=O) groups excluding carboxylic acids is 3. The maximum Gasteiger partial charge on any atom is 0.280 e. The molecule has 1 saturated heterocycles. The monoisotopic (exact) mass is 498 g/mol. The van der Waals surface area contributed by atoms with Crippen LogP contribution in [0, 0.1) is 11.8 Å². The fraction of sp³-hybridized carbons (Fsp3) is 0.156. The number of nitrogens with zero attached hydrogens (tertiary/aromatic N) is 1. The molecule has 1 unspecified atom stereocenters. The van der Waals surface area contributed by atoms with Crippen LogP contribution in [-0.2, 0) is 20.0 Å². The summed E-state index contributed by atoms with van der Waals surface area (Å²) in [5.41, 5.74) is 7.12. The zero-order chi connectivity index (χ0) is 25.8. The second-order valence-corrected chi connectivity index (χ2v) is 10.5. The molecule has 2 atom stereocenters. The first-order valence-corrected chi connectivity index (χ1v) is 12.8. The third-order valence-electron chi connectivity index (χ3n) is 8.91. The second-order valence-electron chi connectivity index (χ2n) is 10.5. The van der Waals surface area contributed by atoms with Gasteiger partial charge in [0.2, 0.25) is 0 Å². The van der Waals surface area contributed by atoms with Crippen molar-refractivity contribution >= 4 is 17.7 Å². The van der Waals surface area contributed by atoms with Crippen molar-refractivity contribution in [3.63, 3.8) is 0 Å². The fourth-order valence-electron chi connectivity index (χ4n) is 7.43. The van der Waals surface area contributed by atoms with Gasteiger partial charge in [-0.05, 0) is 33.4 Å². The molecular weight excluding hydrogens is 476 g/mol. The van der Waals surface area contributed by atoms with E-state index in [0.717, 1.165) is 38.4 Å². The van der Waals surface area contributed by atoms with E-state index in [1.54, 1.807) is 24.3 Å². The zero-order valence-corrected chi connectivity index (χ0v) is 20.2. The van der Waals surface area contributed by atoms with Crippen molar-refractivity contribution in [1.82, 2.24) is 10.4 Å². The van der Waals surface area contributed by atoms with Crippen molar-refractivity contribution in [2.24, 2.45) is 11.8 Å². The Bertz CT molecular complexity index is 1570. The molecule has 5 aliphatic rings. The van der Waals surface area contributed by atoms with Crippen LogP contribution in [0.25, 0.3) is 11.1 Å². The second kappa shape index (κ2) is 7.27. The van der Waals surface area contributed by atoms with E-state index in [0.29, 0.717) is 11.1 Å². The summed E-state index contributed by atoms with van der Waals surface area (Å²) in [6.07, 6.45) is 0. The van der Waals surface area contributed by atoms with E-state index >= 15 is 0 Å². The van der Waals surface area contributed by atoms with Crippen molar-refractivity contribution in [1.29, 1.82) is 0 Å². The number of aliphatic hydroxyl groups is 1. The Morgan fingerprint density at radius 3 is 1.42 bits per heavy atom. The quantitative estimate of drug-likeness (QED) is 0.412. The van der Waals surface area contributed by atoms with Crippen molar-refractivity contribution < 1.29 is 19.5 Å². The van der Waals surface area contributed by atoms with Gasteiger partial charge in [0.1, 0.15) is 0 Å². The standard InChI is InChI=1S/C32H22N2O4/c35-29-27-25-19-11-1-2-12-20(19)26(22-14-4-3-13-21(22)25)28(27)30(36)34(29)33-31(37)32(38)23-15-7-5-9-17(23)18-10-6-8-16-24(18)32/h1-16,25-28,38H,(H,33,37)/t25?,26?,27-,28?/m0/s1. The molecule has 2 bridgehead atoms. The van der Waals surface area contributed by atoms with Crippen LogP contribution in [0.3, 0.4) is 0 Å². The number of nitrogens with one attached hydrogen (secondary N) is 1. The number of imide groups is 1. The molecule has 0 radical (unpaired) electrons. The Balaban J connectivity index is 1.21. The number of amides is 3. The Labute approximate surface area is 218 Å².